The number of likely N-dealkylation sites (N-methyl/N-ethyl adjacent to an activating group) is 2. The van der Waals surface area contributed by atoms with E-state index in [9.17, 15) is 4.79 Å². The monoisotopic (exact) mass is 338 g/mol. The van der Waals surface area contributed by atoms with E-state index < -0.39 is 5.41 Å². The van der Waals surface area contributed by atoms with Crippen molar-refractivity contribution in [2.75, 3.05) is 26.2 Å². The molecule has 5 nitrogen and oxygen atoms in total. The van der Waals surface area contributed by atoms with Crippen molar-refractivity contribution in [3.8, 4) is 0 Å². The molecule has 0 unspecified atom stereocenters. The molecule has 0 spiro atoms. The summed E-state index contributed by atoms with van der Waals surface area (Å²) in [4.78, 5) is 20.9. The number of nitrogens with zero attached hydrogens (tertiary/aromatic N) is 3. The maximum Gasteiger partial charge on any atom is 0.195 e. The van der Waals surface area contributed by atoms with Crippen LogP contribution in [0.15, 0.2) is 16.8 Å². The maximum absolute atomic E-state index is 12.2. The molecule has 0 rings (SSSR count). The van der Waals surface area contributed by atoms with Crippen molar-refractivity contribution in [1.82, 2.24) is 9.80 Å². The Bertz CT molecular complexity index is 467. The second-order valence-electron chi connectivity index (χ2n) is 8.21. The van der Waals surface area contributed by atoms with Gasteiger partial charge in [-0.3, -0.25) is 9.69 Å². The van der Waals surface area contributed by atoms with Crippen molar-refractivity contribution in [3.63, 3.8) is 0 Å². The van der Waals surface area contributed by atoms with Gasteiger partial charge in [-0.15, -0.1) is 0 Å². The van der Waals surface area contributed by atoms with Gasteiger partial charge in [0.05, 0.1) is 0 Å². The van der Waals surface area contributed by atoms with Crippen LogP contribution in [-0.4, -0.2) is 53.3 Å². The Kier molecular flexibility index (Phi) is 8.69. The third-order valence-corrected chi connectivity index (χ3v) is 4.11. The van der Waals surface area contributed by atoms with Crippen molar-refractivity contribution in [1.29, 1.82) is 0 Å². The number of carbonyl (C=O) groups excluding carboxylic acids is 1. The number of guanidine groups is 1. The van der Waals surface area contributed by atoms with Crippen LogP contribution < -0.4 is 5.73 Å². The number of Topliss-reactive ketones (excluding diaryl/α,β-unsaturated/α-hetero) is 1. The Hall–Kier alpha value is -1.36. The predicted molar refractivity (Wildman–Crippen MR) is 104 cm³/mol. The van der Waals surface area contributed by atoms with Gasteiger partial charge in [-0.1, -0.05) is 27.7 Å². The molecule has 0 fully saturated rings. The van der Waals surface area contributed by atoms with Crippen molar-refractivity contribution < 1.29 is 4.79 Å². The summed E-state index contributed by atoms with van der Waals surface area (Å²) < 4.78 is 0. The summed E-state index contributed by atoms with van der Waals surface area (Å²) in [5.74, 6) is 0.551. The average molecular weight is 339 g/mol. The summed E-state index contributed by atoms with van der Waals surface area (Å²) in [6.07, 6.45) is 1.59. The number of hydrogen-bond donors (Lipinski definition) is 1. The van der Waals surface area contributed by atoms with Gasteiger partial charge in [-0.2, -0.15) is 0 Å². The molecule has 0 bridgehead atoms. The van der Waals surface area contributed by atoms with Crippen molar-refractivity contribution in [2.45, 2.75) is 67.9 Å². The lowest BCUT2D eigenvalue weighted by molar-refractivity contribution is -0.122. The van der Waals surface area contributed by atoms with E-state index >= 15 is 0 Å². The number of ketones is 1. The van der Waals surface area contributed by atoms with Gasteiger partial charge in [0.25, 0.3) is 0 Å². The Morgan fingerprint density at radius 2 is 1.58 bits per heavy atom. The van der Waals surface area contributed by atoms with Gasteiger partial charge < -0.3 is 10.6 Å². The van der Waals surface area contributed by atoms with Crippen molar-refractivity contribution in [3.05, 3.63) is 11.8 Å². The molecule has 0 aliphatic carbocycles. The summed E-state index contributed by atoms with van der Waals surface area (Å²) in [6.45, 7) is 21.9. The fourth-order valence-electron chi connectivity index (χ4n) is 2.54. The van der Waals surface area contributed by atoms with E-state index in [1.54, 1.807) is 13.1 Å². The molecule has 24 heavy (non-hydrogen) atoms. The number of rotatable bonds is 7. The minimum atomic E-state index is -0.399. The normalized spacial score (nSPS) is 14.2. The molecule has 0 aromatic heterocycles. The smallest absolute Gasteiger partial charge is 0.195 e. The van der Waals surface area contributed by atoms with Crippen molar-refractivity contribution in [2.24, 2.45) is 16.1 Å². The highest BCUT2D eigenvalue weighted by Crippen LogP contribution is 2.19. The molecule has 0 aromatic carbocycles. The standard InChI is InChI=1S/C19H38N4O/c1-10-22(12-13-23(11-2)19(7,8)9)17(20)21-14-15(3)16(24)18(4,5)6/h14H,10-13H2,1-9H3,(H2,20,21)/b15-14+. The molecular formula is C19H38N4O. The van der Waals surface area contributed by atoms with E-state index in [0.717, 1.165) is 26.2 Å². The molecule has 2 N–H and O–H groups in total. The SMILES string of the molecule is CCN(CCN(CC)C(C)(C)C)/C(N)=N/C=C(\C)C(=O)C(C)(C)C. The molecule has 0 atom stereocenters. The largest absolute Gasteiger partial charge is 0.370 e. The summed E-state index contributed by atoms with van der Waals surface area (Å²) in [5.41, 5.74) is 6.49. The molecule has 0 saturated heterocycles. The first-order chi connectivity index (χ1) is 10.8. The molecular weight excluding hydrogens is 300 g/mol. The van der Waals surface area contributed by atoms with Gasteiger partial charge in [0, 0.05) is 42.4 Å². The van der Waals surface area contributed by atoms with Crippen LogP contribution in [0, 0.1) is 5.41 Å². The topological polar surface area (TPSA) is 61.9 Å². The van der Waals surface area contributed by atoms with E-state index in [0.29, 0.717) is 11.5 Å². The fraction of sp³-hybridized carbons (Fsp3) is 0.789. The van der Waals surface area contributed by atoms with Crippen LogP contribution in [0.4, 0.5) is 0 Å². The lowest BCUT2D eigenvalue weighted by Gasteiger charge is -2.36. The molecule has 0 heterocycles. The van der Waals surface area contributed by atoms with Crippen LogP contribution in [0.3, 0.4) is 0 Å². The first kappa shape index (κ1) is 22.6. The third kappa shape index (κ3) is 7.47. The van der Waals surface area contributed by atoms with Crippen molar-refractivity contribution >= 4 is 11.7 Å². The predicted octanol–water partition coefficient (Wildman–Crippen LogP) is 3.26. The average Bonchev–Trinajstić information content (AvgIpc) is 2.45. The van der Waals surface area contributed by atoms with Gasteiger partial charge in [0.2, 0.25) is 0 Å². The lowest BCUT2D eigenvalue weighted by Crippen LogP contribution is -2.47. The highest BCUT2D eigenvalue weighted by Gasteiger charge is 2.22. The first-order valence-corrected chi connectivity index (χ1v) is 8.89. The van der Waals surface area contributed by atoms with Crippen LogP contribution >= 0.6 is 0 Å². The zero-order valence-electron chi connectivity index (χ0n) is 17.2. The van der Waals surface area contributed by atoms with Gasteiger partial charge in [-0.25, -0.2) is 4.99 Å². The number of allylic oxidation sites excluding steroid dienone is 1. The molecule has 0 aliphatic heterocycles. The second kappa shape index (κ2) is 9.21. The number of nitrogens with two attached hydrogens (primary N) is 1. The van der Waals surface area contributed by atoms with Gasteiger partial charge >= 0.3 is 0 Å². The van der Waals surface area contributed by atoms with E-state index in [2.05, 4.69) is 44.5 Å². The minimum Gasteiger partial charge on any atom is -0.370 e. The van der Waals surface area contributed by atoms with Gasteiger partial charge in [0.1, 0.15) is 0 Å². The van der Waals surface area contributed by atoms with Crippen LogP contribution in [0.2, 0.25) is 0 Å². The number of aliphatic imine (C=N–C) groups is 1. The molecule has 0 amide bonds. The second-order valence-corrected chi connectivity index (χ2v) is 8.21. The number of carbonyl (C=O) groups is 1. The Morgan fingerprint density at radius 1 is 1.04 bits per heavy atom. The van der Waals surface area contributed by atoms with E-state index in [1.807, 2.05) is 25.7 Å². The Labute approximate surface area is 149 Å². The molecule has 0 saturated carbocycles. The third-order valence-electron chi connectivity index (χ3n) is 4.11. The molecule has 0 radical (unpaired) electrons. The molecule has 140 valence electrons. The minimum absolute atomic E-state index is 0.0898. The van der Waals surface area contributed by atoms with Gasteiger partial charge in [0.15, 0.2) is 11.7 Å². The zero-order valence-corrected chi connectivity index (χ0v) is 17.2. The van der Waals surface area contributed by atoms with Crippen LogP contribution in [0.1, 0.15) is 62.3 Å². The summed E-state index contributed by atoms with van der Waals surface area (Å²) in [5, 5.41) is 0. The highest BCUT2D eigenvalue weighted by atomic mass is 16.1. The van der Waals surface area contributed by atoms with E-state index in [-0.39, 0.29) is 11.3 Å². The van der Waals surface area contributed by atoms with Crippen LogP contribution in [0.25, 0.3) is 0 Å². The fourth-order valence-corrected chi connectivity index (χ4v) is 2.54. The summed E-state index contributed by atoms with van der Waals surface area (Å²) in [7, 11) is 0. The molecule has 0 aromatic rings. The molecule has 0 aliphatic rings. The first-order valence-electron chi connectivity index (χ1n) is 8.89. The van der Waals surface area contributed by atoms with Gasteiger partial charge in [-0.05, 0) is 41.2 Å². The lowest BCUT2D eigenvalue weighted by atomic mass is 9.87. The number of hydrogen-bond acceptors (Lipinski definition) is 3. The Balaban J connectivity index is 4.97. The van der Waals surface area contributed by atoms with Crippen LogP contribution in [-0.2, 0) is 4.79 Å². The summed E-state index contributed by atoms with van der Waals surface area (Å²) in [6, 6.07) is 0. The summed E-state index contributed by atoms with van der Waals surface area (Å²) >= 11 is 0. The van der Waals surface area contributed by atoms with E-state index in [4.69, 9.17) is 5.73 Å². The van der Waals surface area contributed by atoms with Crippen LogP contribution in [0.5, 0.6) is 0 Å². The maximum atomic E-state index is 12.2. The van der Waals surface area contributed by atoms with E-state index in [1.165, 1.54) is 0 Å². The Morgan fingerprint density at radius 3 is 1.96 bits per heavy atom. The highest BCUT2D eigenvalue weighted by molar-refractivity contribution is 5.98. The quantitative estimate of drug-likeness (QED) is 0.440. The molecule has 5 heteroatoms. The zero-order chi connectivity index (χ0) is 19.1.